The number of imide groups is 1. The zero-order valence-electron chi connectivity index (χ0n) is 15.8. The number of nitrogens with one attached hydrogen (secondary N) is 2. The fraction of sp³-hybridized carbons (Fsp3) is 0.389. The molecule has 156 valence electrons. The third-order valence-electron chi connectivity index (χ3n) is 5.44. The Balaban J connectivity index is 1.51. The van der Waals surface area contributed by atoms with E-state index in [-0.39, 0.29) is 16.6 Å². The first-order valence-electron chi connectivity index (χ1n) is 9.40. The van der Waals surface area contributed by atoms with Gasteiger partial charge in [-0.2, -0.15) is 5.01 Å². The summed E-state index contributed by atoms with van der Waals surface area (Å²) in [4.78, 5) is 64.1. The number of hydrazine groups is 1. The second-order valence-corrected chi connectivity index (χ2v) is 7.38. The normalized spacial score (nSPS) is 17.9. The molecule has 12 heteroatoms. The first kappa shape index (κ1) is 19.5. The van der Waals surface area contributed by atoms with E-state index in [1.54, 1.807) is 0 Å². The highest BCUT2D eigenvalue weighted by Gasteiger charge is 2.52. The van der Waals surface area contributed by atoms with Gasteiger partial charge in [-0.1, -0.05) is 19.3 Å². The zero-order chi connectivity index (χ0) is 21.5. The highest BCUT2D eigenvalue weighted by Crippen LogP contribution is 2.32. The maximum absolute atomic E-state index is 12.7. The second-order valence-electron chi connectivity index (χ2n) is 7.38. The number of fused-ring (bicyclic) bond motifs is 1. The van der Waals surface area contributed by atoms with E-state index in [4.69, 9.17) is 0 Å². The van der Waals surface area contributed by atoms with Crippen LogP contribution in [0.1, 0.15) is 32.1 Å². The molecule has 2 aliphatic rings. The first-order chi connectivity index (χ1) is 14.3. The van der Waals surface area contributed by atoms with Crippen LogP contribution < -0.4 is 16.3 Å². The van der Waals surface area contributed by atoms with Crippen molar-refractivity contribution in [3.05, 3.63) is 45.0 Å². The Hall–Kier alpha value is -3.83. The minimum atomic E-state index is -0.974. The zero-order valence-corrected chi connectivity index (χ0v) is 15.8. The lowest BCUT2D eigenvalue weighted by molar-refractivity contribution is -0.384. The number of nitrogens with zero attached hydrogens (tertiary/aromatic N) is 4. The van der Waals surface area contributed by atoms with E-state index in [1.807, 2.05) is 0 Å². The number of urea groups is 1. The summed E-state index contributed by atoms with van der Waals surface area (Å²) in [7, 11) is 0. The van der Waals surface area contributed by atoms with Crippen LogP contribution in [0.15, 0.2) is 29.3 Å². The molecule has 2 heterocycles. The average molecular weight is 414 g/mol. The van der Waals surface area contributed by atoms with Crippen LogP contribution in [0.3, 0.4) is 0 Å². The van der Waals surface area contributed by atoms with Crippen LogP contribution in [0.2, 0.25) is 0 Å². The van der Waals surface area contributed by atoms with Gasteiger partial charge in [-0.3, -0.25) is 34.5 Å². The van der Waals surface area contributed by atoms with Gasteiger partial charge in [-0.15, -0.1) is 0 Å². The number of rotatable bonds is 4. The molecule has 2 fully saturated rings. The molecule has 2 N–H and O–H groups in total. The molecule has 2 aromatic rings. The Labute approximate surface area is 169 Å². The van der Waals surface area contributed by atoms with Crippen LogP contribution >= 0.6 is 0 Å². The predicted octanol–water partition coefficient (Wildman–Crippen LogP) is 0.591. The minimum Gasteiger partial charge on any atom is -0.322 e. The van der Waals surface area contributed by atoms with Gasteiger partial charge in [0.25, 0.3) is 23.1 Å². The van der Waals surface area contributed by atoms with E-state index in [9.17, 15) is 29.3 Å². The second kappa shape index (κ2) is 7.21. The van der Waals surface area contributed by atoms with Crippen LogP contribution in [0.4, 0.5) is 10.5 Å². The fourth-order valence-electron chi connectivity index (χ4n) is 3.90. The van der Waals surface area contributed by atoms with Crippen molar-refractivity contribution in [1.82, 2.24) is 25.3 Å². The third kappa shape index (κ3) is 3.25. The number of amides is 4. The molecule has 1 spiro atoms. The van der Waals surface area contributed by atoms with Gasteiger partial charge in [0.15, 0.2) is 0 Å². The molecule has 30 heavy (non-hydrogen) atoms. The van der Waals surface area contributed by atoms with Crippen molar-refractivity contribution >= 4 is 34.4 Å². The molecule has 1 aromatic heterocycles. The molecule has 1 aliphatic carbocycles. The number of hydrogen-bond acceptors (Lipinski definition) is 7. The number of hydrogen-bond donors (Lipinski definition) is 2. The highest BCUT2D eigenvalue weighted by molar-refractivity contribution is 6.08. The minimum absolute atomic E-state index is 0.104. The van der Waals surface area contributed by atoms with E-state index in [1.165, 1.54) is 12.1 Å². The summed E-state index contributed by atoms with van der Waals surface area (Å²) in [5.74, 6) is -1.26. The number of non-ortho nitro benzene ring substituents is 1. The largest absolute Gasteiger partial charge is 0.344 e. The van der Waals surface area contributed by atoms with Gasteiger partial charge in [0.2, 0.25) is 0 Å². The molecule has 1 aliphatic heterocycles. The van der Waals surface area contributed by atoms with E-state index >= 15 is 0 Å². The van der Waals surface area contributed by atoms with Gasteiger partial charge in [0.1, 0.15) is 12.1 Å². The quantitative estimate of drug-likeness (QED) is 0.421. The summed E-state index contributed by atoms with van der Waals surface area (Å²) in [6, 6.07) is 2.90. The Morgan fingerprint density at radius 3 is 2.67 bits per heavy atom. The number of carbonyl (C=O) groups is 3. The Kier molecular flexibility index (Phi) is 4.68. The summed E-state index contributed by atoms with van der Waals surface area (Å²) in [5, 5.41) is 14.3. The molecule has 4 rings (SSSR count). The van der Waals surface area contributed by atoms with Gasteiger partial charge in [0.05, 0.1) is 22.2 Å². The Morgan fingerprint density at radius 1 is 1.23 bits per heavy atom. The SMILES string of the molecule is O=C(Cn1cnc2cc([N+](=O)[O-])ccc2c1=O)NN1C(=O)NC2(CCCCC2)C1=O. The maximum atomic E-state index is 12.7. The van der Waals surface area contributed by atoms with Crippen molar-refractivity contribution in [3.63, 3.8) is 0 Å². The van der Waals surface area contributed by atoms with Crippen molar-refractivity contribution in [3.8, 4) is 0 Å². The van der Waals surface area contributed by atoms with Gasteiger partial charge < -0.3 is 5.32 Å². The number of nitro groups is 1. The van der Waals surface area contributed by atoms with E-state index in [0.717, 1.165) is 36.2 Å². The topological polar surface area (TPSA) is 157 Å². The molecule has 0 bridgehead atoms. The van der Waals surface area contributed by atoms with Crippen LogP contribution in [0.25, 0.3) is 10.9 Å². The first-order valence-corrected chi connectivity index (χ1v) is 9.40. The van der Waals surface area contributed by atoms with Crippen LogP contribution in [-0.4, -0.2) is 42.9 Å². The number of aromatic nitrogens is 2. The van der Waals surface area contributed by atoms with Crippen molar-refractivity contribution < 1.29 is 19.3 Å². The van der Waals surface area contributed by atoms with Crippen molar-refractivity contribution in [1.29, 1.82) is 0 Å². The summed E-state index contributed by atoms with van der Waals surface area (Å²) in [5.41, 5.74) is 0.618. The number of benzene rings is 1. The van der Waals surface area contributed by atoms with Gasteiger partial charge >= 0.3 is 6.03 Å². The summed E-state index contributed by atoms with van der Waals surface area (Å²) < 4.78 is 0.998. The van der Waals surface area contributed by atoms with Crippen LogP contribution in [-0.2, 0) is 16.1 Å². The average Bonchev–Trinajstić information content (AvgIpc) is 2.94. The number of carbonyl (C=O) groups excluding carboxylic acids is 3. The summed E-state index contributed by atoms with van der Waals surface area (Å²) in [6.07, 6.45) is 4.73. The van der Waals surface area contributed by atoms with Crippen LogP contribution in [0.5, 0.6) is 0 Å². The highest BCUT2D eigenvalue weighted by atomic mass is 16.6. The summed E-state index contributed by atoms with van der Waals surface area (Å²) >= 11 is 0. The maximum Gasteiger partial charge on any atom is 0.344 e. The molecule has 1 saturated carbocycles. The Bertz CT molecular complexity index is 1140. The third-order valence-corrected chi connectivity index (χ3v) is 5.44. The molecular formula is C18H18N6O6. The molecule has 1 aromatic carbocycles. The standard InChI is InChI=1S/C18H18N6O6/c25-14(21-23-16(27)18(20-17(23)28)6-2-1-3-7-18)9-22-10-19-13-8-11(24(29)30)4-5-12(13)15(22)26/h4-5,8,10H,1-3,6-7,9H2,(H,20,28)(H,21,25). The van der Waals surface area contributed by atoms with Crippen molar-refractivity contribution in [2.75, 3.05) is 0 Å². The molecular weight excluding hydrogens is 396 g/mol. The lowest BCUT2D eigenvalue weighted by atomic mass is 9.82. The molecule has 4 amide bonds. The smallest absolute Gasteiger partial charge is 0.322 e. The van der Waals surface area contributed by atoms with Gasteiger partial charge in [-0.05, 0) is 18.9 Å². The fourth-order valence-corrected chi connectivity index (χ4v) is 3.90. The van der Waals surface area contributed by atoms with Gasteiger partial charge in [-0.25, -0.2) is 9.78 Å². The van der Waals surface area contributed by atoms with Crippen molar-refractivity contribution in [2.24, 2.45) is 0 Å². The molecule has 1 saturated heterocycles. The summed E-state index contributed by atoms with van der Waals surface area (Å²) in [6.45, 7) is -0.483. The van der Waals surface area contributed by atoms with E-state index in [2.05, 4.69) is 15.7 Å². The molecule has 0 unspecified atom stereocenters. The lowest BCUT2D eigenvalue weighted by Crippen LogP contribution is -2.51. The van der Waals surface area contributed by atoms with Gasteiger partial charge in [0, 0.05) is 12.1 Å². The van der Waals surface area contributed by atoms with E-state index in [0.29, 0.717) is 17.9 Å². The Morgan fingerprint density at radius 2 is 1.97 bits per heavy atom. The van der Waals surface area contributed by atoms with Crippen molar-refractivity contribution in [2.45, 2.75) is 44.2 Å². The van der Waals surface area contributed by atoms with E-state index < -0.39 is 40.4 Å². The molecule has 0 atom stereocenters. The molecule has 0 radical (unpaired) electrons. The molecule has 12 nitrogen and oxygen atoms in total. The predicted molar refractivity (Wildman–Crippen MR) is 102 cm³/mol. The number of nitro benzene ring substituents is 1. The monoisotopic (exact) mass is 414 g/mol. The lowest BCUT2D eigenvalue weighted by Gasteiger charge is -2.30. The van der Waals surface area contributed by atoms with Crippen LogP contribution in [0, 0.1) is 10.1 Å².